The predicted octanol–water partition coefficient (Wildman–Crippen LogP) is 7.69. The molecule has 2 spiro atoms. The van der Waals surface area contributed by atoms with Gasteiger partial charge in [0.2, 0.25) is 0 Å². The Kier molecular flexibility index (Phi) is 5.92. The zero-order valence-electron chi connectivity index (χ0n) is 20.9. The molecule has 7 heteroatoms. The Bertz CT molecular complexity index is 979. The zero-order valence-corrected chi connectivity index (χ0v) is 22.5. The molecule has 6 fully saturated rings. The molecule has 5 aliphatic carbocycles. The van der Waals surface area contributed by atoms with E-state index in [1.54, 1.807) is 18.2 Å². The van der Waals surface area contributed by atoms with Gasteiger partial charge in [-0.15, -0.1) is 0 Å². The van der Waals surface area contributed by atoms with Crippen LogP contribution >= 0.6 is 23.2 Å². The molecule has 5 saturated carbocycles. The number of hydrogen-bond donors (Lipinski definition) is 1. The van der Waals surface area contributed by atoms with Crippen LogP contribution in [-0.2, 0) is 14.2 Å². The van der Waals surface area contributed by atoms with Crippen molar-refractivity contribution in [2.45, 2.75) is 89.6 Å². The maximum atomic E-state index is 12.9. The number of rotatable bonds is 2. The van der Waals surface area contributed by atoms with Crippen LogP contribution in [0, 0.1) is 35.0 Å². The molecule has 1 aliphatic heterocycles. The summed E-state index contributed by atoms with van der Waals surface area (Å²) in [6.07, 6.45) is 8.06. The van der Waals surface area contributed by atoms with Gasteiger partial charge in [0, 0.05) is 23.3 Å². The van der Waals surface area contributed by atoms with Crippen molar-refractivity contribution in [2.24, 2.45) is 35.0 Å². The van der Waals surface area contributed by atoms with Crippen molar-refractivity contribution in [1.29, 1.82) is 0 Å². The van der Waals surface area contributed by atoms with Gasteiger partial charge in [-0.2, -0.15) is 0 Å². The van der Waals surface area contributed by atoms with Crippen LogP contribution in [-0.4, -0.2) is 30.2 Å². The molecule has 3 atom stereocenters. The van der Waals surface area contributed by atoms with E-state index in [1.807, 2.05) is 0 Å². The van der Waals surface area contributed by atoms with Crippen molar-refractivity contribution in [1.82, 2.24) is 0 Å². The minimum absolute atomic E-state index is 0.0744. The molecular weight excluding hydrogens is 485 g/mol. The first-order valence-corrected chi connectivity index (χ1v) is 14.1. The summed E-state index contributed by atoms with van der Waals surface area (Å²) in [6.45, 7) is 7.42. The van der Waals surface area contributed by atoms with Crippen LogP contribution in [0.5, 0.6) is 0 Å². The van der Waals surface area contributed by atoms with Crippen molar-refractivity contribution in [2.75, 3.05) is 11.9 Å². The second-order valence-electron chi connectivity index (χ2n) is 13.1. The molecule has 1 unspecified atom stereocenters. The smallest absolute Gasteiger partial charge is 0.411 e. The third-order valence-corrected chi connectivity index (χ3v) is 10.2. The van der Waals surface area contributed by atoms with E-state index in [0.29, 0.717) is 46.5 Å². The Labute approximate surface area is 218 Å². The summed E-state index contributed by atoms with van der Waals surface area (Å²) >= 11 is 12.3. The molecule has 1 heterocycles. The Morgan fingerprint density at radius 1 is 1.03 bits per heavy atom. The Morgan fingerprint density at radius 3 is 2.37 bits per heavy atom. The van der Waals surface area contributed by atoms with E-state index < -0.39 is 17.5 Å². The molecule has 7 rings (SSSR count). The molecule has 192 valence electrons. The largest absolute Gasteiger partial charge is 0.446 e. The Balaban J connectivity index is 1.20. The molecule has 1 amide bonds. The number of benzene rings is 1. The molecule has 1 saturated heterocycles. The van der Waals surface area contributed by atoms with Gasteiger partial charge in [-0.25, -0.2) is 4.79 Å². The molecule has 1 aromatic carbocycles. The van der Waals surface area contributed by atoms with Crippen molar-refractivity contribution >= 4 is 35.0 Å². The SMILES string of the molecule is CC(C)(C)[C@H]1C[C@H](OC(=O)Nc2cc(Cl)ccc2Cl)CC2(COC3(O2)C2CC4CC(C2)CC3C4)C1. The first-order chi connectivity index (χ1) is 16.5. The minimum Gasteiger partial charge on any atom is -0.446 e. The van der Waals surface area contributed by atoms with Crippen molar-refractivity contribution in [3.05, 3.63) is 28.2 Å². The van der Waals surface area contributed by atoms with Gasteiger partial charge in [0.1, 0.15) is 6.10 Å². The van der Waals surface area contributed by atoms with E-state index in [2.05, 4.69) is 26.1 Å². The number of nitrogens with one attached hydrogen (secondary N) is 1. The number of hydrogen-bond acceptors (Lipinski definition) is 4. The van der Waals surface area contributed by atoms with Gasteiger partial charge in [-0.1, -0.05) is 44.0 Å². The van der Waals surface area contributed by atoms with E-state index in [1.165, 1.54) is 32.1 Å². The first kappa shape index (κ1) is 24.3. The van der Waals surface area contributed by atoms with Gasteiger partial charge in [0.15, 0.2) is 5.79 Å². The second kappa shape index (κ2) is 8.51. The third-order valence-electron chi connectivity index (χ3n) is 9.64. The van der Waals surface area contributed by atoms with Crippen molar-refractivity contribution < 1.29 is 19.0 Å². The quantitative estimate of drug-likeness (QED) is 0.433. The topological polar surface area (TPSA) is 56.8 Å². The van der Waals surface area contributed by atoms with Crippen LogP contribution in [0.1, 0.15) is 72.1 Å². The van der Waals surface area contributed by atoms with Crippen LogP contribution in [0.4, 0.5) is 10.5 Å². The van der Waals surface area contributed by atoms with Gasteiger partial charge < -0.3 is 14.2 Å². The van der Waals surface area contributed by atoms with Crippen LogP contribution in [0.15, 0.2) is 18.2 Å². The maximum absolute atomic E-state index is 12.9. The van der Waals surface area contributed by atoms with E-state index in [9.17, 15) is 4.79 Å². The molecule has 0 radical (unpaired) electrons. The van der Waals surface area contributed by atoms with Crippen LogP contribution in [0.3, 0.4) is 0 Å². The lowest BCUT2D eigenvalue weighted by Gasteiger charge is -2.59. The van der Waals surface area contributed by atoms with Crippen LogP contribution < -0.4 is 5.32 Å². The number of halogens is 2. The minimum atomic E-state index is -0.507. The molecular formula is C28H37Cl2NO4. The number of carbonyl (C=O) groups is 1. The van der Waals surface area contributed by atoms with Crippen LogP contribution in [0.25, 0.3) is 0 Å². The molecule has 5 nitrogen and oxygen atoms in total. The number of ether oxygens (including phenoxy) is 3. The average molecular weight is 523 g/mol. The number of carbonyl (C=O) groups excluding carboxylic acids is 1. The third kappa shape index (κ3) is 4.39. The van der Waals surface area contributed by atoms with Crippen molar-refractivity contribution in [3.63, 3.8) is 0 Å². The normalized spacial score (nSPS) is 42.1. The lowest BCUT2D eigenvalue weighted by atomic mass is 9.53. The average Bonchev–Trinajstić information content (AvgIpc) is 3.12. The Morgan fingerprint density at radius 2 is 1.71 bits per heavy atom. The van der Waals surface area contributed by atoms with Gasteiger partial charge in [-0.05, 0) is 86.3 Å². The summed E-state index contributed by atoms with van der Waals surface area (Å²) in [5, 5.41) is 3.71. The van der Waals surface area contributed by atoms with E-state index in [0.717, 1.165) is 24.7 Å². The van der Waals surface area contributed by atoms with Crippen molar-refractivity contribution in [3.8, 4) is 0 Å². The summed E-state index contributed by atoms with van der Waals surface area (Å²) in [5.74, 6) is 2.69. The highest BCUT2D eigenvalue weighted by atomic mass is 35.5. The summed E-state index contributed by atoms with van der Waals surface area (Å²) in [4.78, 5) is 12.9. The molecule has 4 bridgehead atoms. The molecule has 35 heavy (non-hydrogen) atoms. The van der Waals surface area contributed by atoms with Gasteiger partial charge in [-0.3, -0.25) is 5.32 Å². The van der Waals surface area contributed by atoms with Gasteiger partial charge in [0.05, 0.1) is 22.9 Å². The summed E-state index contributed by atoms with van der Waals surface area (Å²) in [7, 11) is 0. The summed E-state index contributed by atoms with van der Waals surface area (Å²) in [5.41, 5.74) is 0.130. The fraction of sp³-hybridized carbons (Fsp3) is 0.750. The summed E-state index contributed by atoms with van der Waals surface area (Å²) < 4.78 is 19.9. The fourth-order valence-corrected chi connectivity index (χ4v) is 8.49. The highest BCUT2D eigenvalue weighted by Gasteiger charge is 2.66. The van der Waals surface area contributed by atoms with E-state index in [-0.39, 0.29) is 11.5 Å². The lowest BCUT2D eigenvalue weighted by Crippen LogP contribution is -2.59. The highest BCUT2D eigenvalue weighted by molar-refractivity contribution is 6.35. The highest BCUT2D eigenvalue weighted by Crippen LogP contribution is 2.64. The molecule has 6 aliphatic rings. The number of anilines is 1. The predicted molar refractivity (Wildman–Crippen MR) is 137 cm³/mol. The van der Waals surface area contributed by atoms with E-state index in [4.69, 9.17) is 37.4 Å². The maximum Gasteiger partial charge on any atom is 0.411 e. The molecule has 1 N–H and O–H groups in total. The zero-order chi connectivity index (χ0) is 24.6. The monoisotopic (exact) mass is 521 g/mol. The van der Waals surface area contributed by atoms with Gasteiger partial charge in [0.25, 0.3) is 0 Å². The lowest BCUT2D eigenvalue weighted by molar-refractivity contribution is -0.309. The van der Waals surface area contributed by atoms with Crippen LogP contribution in [0.2, 0.25) is 10.0 Å². The molecule has 0 aromatic heterocycles. The standard InChI is InChI=1S/C28H37Cl2NO4/c1-26(2,3)20-11-22(34-25(32)31-24-12-21(29)4-5-23(24)30)14-27(13-20)15-33-28(35-27)18-7-16-6-17(9-18)10-19(28)8-16/h4-5,12,16-20,22H,6-11,13-15H2,1-3H3,(H,31,32)/t16?,17?,18?,19?,20-,22-,27?,28?/m0/s1. The summed E-state index contributed by atoms with van der Waals surface area (Å²) in [6, 6.07) is 4.99. The first-order valence-electron chi connectivity index (χ1n) is 13.3. The molecule has 1 aromatic rings. The van der Waals surface area contributed by atoms with Gasteiger partial charge >= 0.3 is 6.09 Å². The second-order valence-corrected chi connectivity index (χ2v) is 13.9. The fourth-order valence-electron chi connectivity index (χ4n) is 8.15. The Hall–Kier alpha value is -1.01. The number of amides is 1. The van der Waals surface area contributed by atoms with E-state index >= 15 is 0 Å².